The summed E-state index contributed by atoms with van der Waals surface area (Å²) in [5, 5.41) is 2.86. The lowest BCUT2D eigenvalue weighted by atomic mass is 10.1. The molecule has 1 N–H and O–H groups in total. The quantitative estimate of drug-likeness (QED) is 0.166. The van der Waals surface area contributed by atoms with Gasteiger partial charge in [0.2, 0.25) is 5.91 Å². The van der Waals surface area contributed by atoms with Gasteiger partial charge in [-0.2, -0.15) is 26.3 Å². The molecule has 192 valence electrons. The maximum Gasteiger partial charge on any atom is 0.416 e. The van der Waals surface area contributed by atoms with Crippen molar-refractivity contribution in [2.45, 2.75) is 17.5 Å². The van der Waals surface area contributed by atoms with Gasteiger partial charge in [-0.1, -0.05) is 35.5 Å². The fourth-order valence-corrected chi connectivity index (χ4v) is 4.32. The van der Waals surface area contributed by atoms with Crippen molar-refractivity contribution < 1.29 is 31.1 Å². The summed E-state index contributed by atoms with van der Waals surface area (Å²) in [5.41, 5.74) is -3.49. The van der Waals surface area contributed by atoms with Crippen LogP contribution in [0.25, 0.3) is 16.6 Å². The molecule has 4 rings (SSSR count). The molecule has 37 heavy (non-hydrogen) atoms. The maximum absolute atomic E-state index is 13.2. The number of benzene rings is 3. The van der Waals surface area contributed by atoms with Crippen molar-refractivity contribution in [1.29, 1.82) is 0 Å². The monoisotopic (exact) mass is 557 g/mol. The van der Waals surface area contributed by atoms with Gasteiger partial charge in [0.15, 0.2) is 5.16 Å². The number of alkyl halides is 6. The van der Waals surface area contributed by atoms with Gasteiger partial charge in [0.05, 0.1) is 33.5 Å². The minimum absolute atomic E-state index is 0.0335. The smallest absolute Gasteiger partial charge is 0.325 e. The molecule has 1 aromatic heterocycles. The third-order valence-electron chi connectivity index (χ3n) is 5.03. The van der Waals surface area contributed by atoms with Gasteiger partial charge in [0.25, 0.3) is 5.56 Å². The molecule has 13 heteroatoms. The van der Waals surface area contributed by atoms with E-state index < -0.39 is 46.4 Å². The Labute approximate surface area is 214 Å². The molecule has 0 radical (unpaired) electrons. The first-order valence-electron chi connectivity index (χ1n) is 10.3. The second-order valence-corrected chi connectivity index (χ2v) is 9.04. The van der Waals surface area contributed by atoms with Crippen LogP contribution in [0.4, 0.5) is 32.0 Å². The average Bonchev–Trinajstić information content (AvgIpc) is 2.82. The zero-order valence-electron chi connectivity index (χ0n) is 18.3. The number of amides is 1. The molecule has 0 unspecified atom stereocenters. The highest BCUT2D eigenvalue weighted by atomic mass is 35.5. The molecule has 5 nitrogen and oxygen atoms in total. The molecular formula is C24H14ClF6N3O2S. The molecule has 0 bridgehead atoms. The summed E-state index contributed by atoms with van der Waals surface area (Å²) in [4.78, 5) is 30.1. The van der Waals surface area contributed by atoms with Gasteiger partial charge in [-0.3, -0.25) is 14.2 Å². The van der Waals surface area contributed by atoms with Crippen molar-refractivity contribution in [3.8, 4) is 5.69 Å². The number of nitrogens with zero attached hydrogens (tertiary/aromatic N) is 2. The molecule has 1 amide bonds. The molecule has 4 aromatic rings. The summed E-state index contributed by atoms with van der Waals surface area (Å²) >= 11 is 6.71. The van der Waals surface area contributed by atoms with E-state index in [1.165, 1.54) is 4.57 Å². The SMILES string of the molecule is O=C(CSc1nc2ccccc2c(=O)n1-c1ccc(Cl)cc1)Nc1cc(C(F)(F)F)cc(C(F)(F)F)c1. The number of rotatable bonds is 5. The number of thioether (sulfide) groups is 1. The van der Waals surface area contributed by atoms with Crippen molar-refractivity contribution in [1.82, 2.24) is 9.55 Å². The van der Waals surface area contributed by atoms with E-state index >= 15 is 0 Å². The van der Waals surface area contributed by atoms with Gasteiger partial charge < -0.3 is 5.32 Å². The van der Waals surface area contributed by atoms with Crippen LogP contribution in [-0.2, 0) is 17.1 Å². The number of aromatic nitrogens is 2. The van der Waals surface area contributed by atoms with Crippen LogP contribution in [0, 0.1) is 0 Å². The Kier molecular flexibility index (Phi) is 7.24. The molecule has 0 fully saturated rings. The normalized spacial score (nSPS) is 12.1. The zero-order valence-corrected chi connectivity index (χ0v) is 19.9. The summed E-state index contributed by atoms with van der Waals surface area (Å²) in [6.45, 7) is 0. The van der Waals surface area contributed by atoms with Gasteiger partial charge in [0, 0.05) is 10.7 Å². The summed E-state index contributed by atoms with van der Waals surface area (Å²) in [7, 11) is 0. The van der Waals surface area contributed by atoms with Gasteiger partial charge in [-0.25, -0.2) is 4.98 Å². The van der Waals surface area contributed by atoms with Gasteiger partial charge in [-0.15, -0.1) is 0 Å². The molecule has 0 aliphatic carbocycles. The van der Waals surface area contributed by atoms with E-state index in [4.69, 9.17) is 11.6 Å². The van der Waals surface area contributed by atoms with Crippen LogP contribution in [0.3, 0.4) is 0 Å². The van der Waals surface area contributed by atoms with Crippen molar-refractivity contribution in [3.63, 3.8) is 0 Å². The molecule has 0 saturated carbocycles. The van der Waals surface area contributed by atoms with E-state index in [1.54, 1.807) is 48.5 Å². The first kappa shape index (κ1) is 26.6. The number of hydrogen-bond donors (Lipinski definition) is 1. The summed E-state index contributed by atoms with van der Waals surface area (Å²) < 4.78 is 79.9. The first-order valence-corrected chi connectivity index (χ1v) is 11.7. The van der Waals surface area contributed by atoms with Gasteiger partial charge in [-0.05, 0) is 54.6 Å². The number of carbonyl (C=O) groups excluding carboxylic acids is 1. The van der Waals surface area contributed by atoms with E-state index in [9.17, 15) is 35.9 Å². The van der Waals surface area contributed by atoms with E-state index in [0.29, 0.717) is 33.7 Å². The van der Waals surface area contributed by atoms with E-state index in [2.05, 4.69) is 10.3 Å². The Balaban J connectivity index is 1.64. The number of para-hydroxylation sites is 1. The lowest BCUT2D eigenvalue weighted by Crippen LogP contribution is -2.23. The van der Waals surface area contributed by atoms with Crippen LogP contribution >= 0.6 is 23.4 Å². The van der Waals surface area contributed by atoms with Crippen LogP contribution < -0.4 is 10.9 Å². The fourth-order valence-electron chi connectivity index (χ4n) is 3.38. The molecular weight excluding hydrogens is 544 g/mol. The predicted octanol–water partition coefficient (Wildman–Crippen LogP) is 6.81. The highest BCUT2D eigenvalue weighted by Gasteiger charge is 2.37. The van der Waals surface area contributed by atoms with Crippen LogP contribution in [0.2, 0.25) is 5.02 Å². The Morgan fingerprint density at radius 1 is 0.919 bits per heavy atom. The Bertz CT molecular complexity index is 1500. The van der Waals surface area contributed by atoms with Crippen molar-refractivity contribution >= 4 is 45.9 Å². The highest BCUT2D eigenvalue weighted by Crippen LogP contribution is 2.37. The molecule has 1 heterocycles. The molecule has 0 aliphatic heterocycles. The summed E-state index contributed by atoms with van der Waals surface area (Å²) in [6.07, 6.45) is -10.1. The first-order chi connectivity index (χ1) is 17.3. The predicted molar refractivity (Wildman–Crippen MR) is 128 cm³/mol. The number of carbonyl (C=O) groups is 1. The third kappa shape index (κ3) is 6.08. The van der Waals surface area contributed by atoms with Crippen LogP contribution in [0.5, 0.6) is 0 Å². The Hall–Kier alpha value is -3.51. The van der Waals surface area contributed by atoms with E-state index in [-0.39, 0.29) is 11.2 Å². The van der Waals surface area contributed by atoms with Crippen molar-refractivity contribution in [3.05, 3.63) is 93.2 Å². The molecule has 0 aliphatic rings. The van der Waals surface area contributed by atoms with Gasteiger partial charge in [0.1, 0.15) is 0 Å². The number of fused-ring (bicyclic) bond motifs is 1. The maximum atomic E-state index is 13.2. The van der Waals surface area contributed by atoms with Gasteiger partial charge >= 0.3 is 12.4 Å². The van der Waals surface area contributed by atoms with Crippen LogP contribution in [0.15, 0.2) is 76.7 Å². The Morgan fingerprint density at radius 2 is 1.51 bits per heavy atom. The minimum Gasteiger partial charge on any atom is -0.325 e. The van der Waals surface area contributed by atoms with Crippen LogP contribution in [-0.4, -0.2) is 21.2 Å². The number of nitrogens with one attached hydrogen (secondary N) is 1. The average molecular weight is 558 g/mol. The standard InChI is InChI=1S/C24H14ClF6N3O2S/c25-15-5-7-17(8-6-15)34-21(36)18-3-1-2-4-19(18)33-22(34)37-12-20(35)32-16-10-13(23(26,27)28)9-14(11-16)24(29,30)31/h1-11H,12H2,(H,32,35). The number of anilines is 1. The van der Waals surface area contributed by atoms with E-state index in [1.807, 2.05) is 0 Å². The minimum atomic E-state index is -5.06. The largest absolute Gasteiger partial charge is 0.416 e. The Morgan fingerprint density at radius 3 is 2.11 bits per heavy atom. The second-order valence-electron chi connectivity index (χ2n) is 7.66. The molecule has 0 atom stereocenters. The topological polar surface area (TPSA) is 64.0 Å². The zero-order chi connectivity index (χ0) is 27.0. The lowest BCUT2D eigenvalue weighted by molar-refractivity contribution is -0.143. The summed E-state index contributed by atoms with van der Waals surface area (Å²) in [6, 6.07) is 13.5. The highest BCUT2D eigenvalue weighted by molar-refractivity contribution is 7.99. The molecule has 0 saturated heterocycles. The van der Waals surface area contributed by atoms with Crippen LogP contribution in [0.1, 0.15) is 11.1 Å². The third-order valence-corrected chi connectivity index (χ3v) is 6.22. The number of hydrogen-bond acceptors (Lipinski definition) is 4. The summed E-state index contributed by atoms with van der Waals surface area (Å²) in [5.74, 6) is -1.36. The molecule has 0 spiro atoms. The van der Waals surface area contributed by atoms with Crippen molar-refractivity contribution in [2.24, 2.45) is 0 Å². The van der Waals surface area contributed by atoms with Crippen molar-refractivity contribution in [2.75, 3.05) is 11.1 Å². The molecule has 3 aromatic carbocycles. The van der Waals surface area contributed by atoms with E-state index in [0.717, 1.165) is 11.8 Å². The second kappa shape index (κ2) is 10.1. The fraction of sp³-hybridized carbons (Fsp3) is 0.125. The lowest BCUT2D eigenvalue weighted by Gasteiger charge is -2.15. The number of halogens is 7.